The number of alkyl halides is 6. The van der Waals surface area contributed by atoms with E-state index in [0.717, 1.165) is 10.5 Å². The third-order valence-electron chi connectivity index (χ3n) is 3.67. The fourth-order valence-electron chi connectivity index (χ4n) is 2.75. The first-order chi connectivity index (χ1) is 11.1. The van der Waals surface area contributed by atoms with E-state index in [-0.39, 0.29) is 23.8 Å². The number of hydrogen-bond donors (Lipinski definition) is 0. The van der Waals surface area contributed by atoms with Crippen LogP contribution in [0.2, 0.25) is 0 Å². The fourth-order valence-corrected chi connectivity index (χ4v) is 2.75. The van der Waals surface area contributed by atoms with Crippen LogP contribution in [0.5, 0.6) is 0 Å². The van der Waals surface area contributed by atoms with Crippen LogP contribution < -0.4 is 4.90 Å². The number of nitrogens with zero attached hydrogens (tertiary/aromatic N) is 3. The summed E-state index contributed by atoms with van der Waals surface area (Å²) in [5, 5.41) is 0. The molecule has 3 heterocycles. The number of aromatic nitrogens is 2. The first-order valence-corrected chi connectivity index (χ1v) is 6.67. The van der Waals surface area contributed by atoms with E-state index in [1.165, 1.54) is 18.5 Å². The normalized spacial score (nSPS) is 18.5. The lowest BCUT2D eigenvalue weighted by molar-refractivity contribution is -0.139. The molecule has 0 fully saturated rings. The van der Waals surface area contributed by atoms with E-state index in [9.17, 15) is 31.1 Å². The standard InChI is InChI=1S/C14H9F6N3O/c15-13(16,17)9-7-10(14(18,19)20)22(5-6-24)12-8(9)1-2-11-21-3-4-23(11)12/h1-4,6-7,10H,5H2. The van der Waals surface area contributed by atoms with Gasteiger partial charge in [-0.1, -0.05) is 0 Å². The molecular formula is C14H9F6N3O. The Bertz CT molecular complexity index is 820. The number of allylic oxidation sites excluding steroid dienone is 1. The first-order valence-electron chi connectivity index (χ1n) is 6.67. The topological polar surface area (TPSA) is 37.6 Å². The number of aldehydes is 1. The van der Waals surface area contributed by atoms with Crippen LogP contribution in [0.3, 0.4) is 0 Å². The predicted molar refractivity (Wildman–Crippen MR) is 72.5 cm³/mol. The molecule has 0 aromatic carbocycles. The Kier molecular flexibility index (Phi) is 3.57. The number of anilines is 1. The minimum absolute atomic E-state index is 0.106. The Morgan fingerprint density at radius 2 is 1.88 bits per heavy atom. The largest absolute Gasteiger partial charge is 0.416 e. The average Bonchev–Trinajstić information content (AvgIpc) is 2.93. The molecule has 24 heavy (non-hydrogen) atoms. The molecule has 1 unspecified atom stereocenters. The van der Waals surface area contributed by atoms with Crippen LogP contribution in [0, 0.1) is 0 Å². The van der Waals surface area contributed by atoms with Crippen LogP contribution in [0.15, 0.2) is 30.6 Å². The third-order valence-corrected chi connectivity index (χ3v) is 3.67. The number of pyridine rings is 1. The highest BCUT2D eigenvalue weighted by Crippen LogP contribution is 2.45. The summed E-state index contributed by atoms with van der Waals surface area (Å²) in [6.07, 6.45) is -7.14. The summed E-state index contributed by atoms with van der Waals surface area (Å²) in [6.45, 7) is -0.712. The lowest BCUT2D eigenvalue weighted by Gasteiger charge is -2.37. The molecule has 2 aromatic heterocycles. The minimum Gasteiger partial charge on any atom is -0.335 e. The molecule has 1 atom stereocenters. The van der Waals surface area contributed by atoms with Gasteiger partial charge in [-0.3, -0.25) is 4.40 Å². The Morgan fingerprint density at radius 1 is 1.17 bits per heavy atom. The van der Waals surface area contributed by atoms with Crippen LogP contribution in [0.4, 0.5) is 32.2 Å². The molecule has 2 aromatic rings. The van der Waals surface area contributed by atoms with Crippen LogP contribution in [-0.2, 0) is 4.79 Å². The third kappa shape index (κ3) is 2.51. The lowest BCUT2D eigenvalue weighted by Crippen LogP contribution is -2.49. The zero-order valence-electron chi connectivity index (χ0n) is 11.8. The van der Waals surface area contributed by atoms with Gasteiger partial charge in [0.05, 0.1) is 12.1 Å². The molecule has 0 radical (unpaired) electrons. The summed E-state index contributed by atoms with van der Waals surface area (Å²) in [6, 6.07) is -0.243. The monoisotopic (exact) mass is 349 g/mol. The summed E-state index contributed by atoms with van der Waals surface area (Å²) in [4.78, 5) is 15.3. The highest BCUT2D eigenvalue weighted by Gasteiger charge is 2.50. The molecular weight excluding hydrogens is 340 g/mol. The summed E-state index contributed by atoms with van der Waals surface area (Å²) in [5.74, 6) is -0.366. The zero-order chi connectivity index (χ0) is 17.7. The molecule has 1 aliphatic rings. The van der Waals surface area contributed by atoms with Crippen molar-refractivity contribution in [3.63, 3.8) is 0 Å². The second-order valence-corrected chi connectivity index (χ2v) is 5.11. The fraction of sp³-hybridized carbons (Fsp3) is 0.286. The number of rotatable bonds is 2. The van der Waals surface area contributed by atoms with Gasteiger partial charge in [0.25, 0.3) is 0 Å². The quantitative estimate of drug-likeness (QED) is 0.617. The van der Waals surface area contributed by atoms with Crippen LogP contribution in [0.25, 0.3) is 11.2 Å². The molecule has 0 spiro atoms. The van der Waals surface area contributed by atoms with Gasteiger partial charge in [0.2, 0.25) is 0 Å². The maximum atomic E-state index is 13.3. The maximum absolute atomic E-state index is 13.3. The molecule has 10 heteroatoms. The highest BCUT2D eigenvalue weighted by atomic mass is 19.4. The zero-order valence-corrected chi connectivity index (χ0v) is 11.8. The van der Waals surface area contributed by atoms with E-state index in [2.05, 4.69) is 4.98 Å². The van der Waals surface area contributed by atoms with E-state index in [0.29, 0.717) is 4.90 Å². The number of carbonyl (C=O) groups excluding carboxylic acids is 1. The molecule has 1 aliphatic heterocycles. The van der Waals surface area contributed by atoms with Crippen molar-refractivity contribution in [1.82, 2.24) is 9.38 Å². The second-order valence-electron chi connectivity index (χ2n) is 5.11. The van der Waals surface area contributed by atoms with Crippen molar-refractivity contribution in [2.75, 3.05) is 11.4 Å². The molecule has 0 N–H and O–H groups in total. The maximum Gasteiger partial charge on any atom is 0.416 e. The van der Waals surface area contributed by atoms with Gasteiger partial charge in [-0.2, -0.15) is 26.3 Å². The van der Waals surface area contributed by atoms with E-state index < -0.39 is 36.1 Å². The summed E-state index contributed by atoms with van der Waals surface area (Å²) in [5.41, 5.74) is -1.65. The van der Waals surface area contributed by atoms with Crippen LogP contribution in [-0.4, -0.2) is 40.6 Å². The average molecular weight is 349 g/mol. The van der Waals surface area contributed by atoms with Gasteiger partial charge in [0.15, 0.2) is 0 Å². The predicted octanol–water partition coefficient (Wildman–Crippen LogP) is 3.23. The van der Waals surface area contributed by atoms with Crippen molar-refractivity contribution < 1.29 is 31.1 Å². The molecule has 128 valence electrons. The minimum atomic E-state index is -4.99. The lowest BCUT2D eigenvalue weighted by atomic mass is 9.96. The number of imidazole rings is 1. The first kappa shape index (κ1) is 16.3. The van der Waals surface area contributed by atoms with E-state index >= 15 is 0 Å². The van der Waals surface area contributed by atoms with Gasteiger partial charge >= 0.3 is 12.4 Å². The van der Waals surface area contributed by atoms with E-state index in [4.69, 9.17) is 0 Å². The Balaban J connectivity index is 2.35. The SMILES string of the molecule is O=CCN1c2c(ccc3nccn23)C(C(F)(F)F)=CC1C(F)(F)F. The van der Waals surface area contributed by atoms with E-state index in [1.807, 2.05) is 0 Å². The number of fused-ring (bicyclic) bond motifs is 3. The van der Waals surface area contributed by atoms with Crippen molar-refractivity contribution in [3.05, 3.63) is 36.2 Å². The number of carbonyl (C=O) groups is 1. The highest BCUT2D eigenvalue weighted by molar-refractivity contribution is 5.84. The van der Waals surface area contributed by atoms with Gasteiger partial charge < -0.3 is 9.69 Å². The Labute approximate surface area is 131 Å². The van der Waals surface area contributed by atoms with E-state index in [1.54, 1.807) is 0 Å². The second kappa shape index (κ2) is 5.25. The Hall–Kier alpha value is -2.52. The molecule has 0 aliphatic carbocycles. The smallest absolute Gasteiger partial charge is 0.335 e. The molecule has 0 saturated heterocycles. The number of hydrogen-bond acceptors (Lipinski definition) is 3. The van der Waals surface area contributed by atoms with Crippen molar-refractivity contribution in [2.24, 2.45) is 0 Å². The Morgan fingerprint density at radius 3 is 2.46 bits per heavy atom. The van der Waals surface area contributed by atoms with Gasteiger partial charge in [0.1, 0.15) is 23.8 Å². The van der Waals surface area contributed by atoms with Crippen LogP contribution >= 0.6 is 0 Å². The molecule has 4 nitrogen and oxygen atoms in total. The van der Waals surface area contributed by atoms with Crippen LogP contribution in [0.1, 0.15) is 5.56 Å². The summed E-state index contributed by atoms with van der Waals surface area (Å²) < 4.78 is 80.8. The van der Waals surface area contributed by atoms with Gasteiger partial charge in [-0.25, -0.2) is 4.98 Å². The van der Waals surface area contributed by atoms with Crippen molar-refractivity contribution in [1.29, 1.82) is 0 Å². The molecule has 0 bridgehead atoms. The number of halogens is 6. The van der Waals surface area contributed by atoms with Gasteiger partial charge in [-0.15, -0.1) is 0 Å². The van der Waals surface area contributed by atoms with Crippen molar-refractivity contribution in [2.45, 2.75) is 18.4 Å². The van der Waals surface area contributed by atoms with Crippen molar-refractivity contribution >= 4 is 23.3 Å². The van der Waals surface area contributed by atoms with Crippen molar-refractivity contribution in [3.8, 4) is 0 Å². The molecule has 3 rings (SSSR count). The summed E-state index contributed by atoms with van der Waals surface area (Å²) in [7, 11) is 0. The summed E-state index contributed by atoms with van der Waals surface area (Å²) >= 11 is 0. The van der Waals surface area contributed by atoms with Gasteiger partial charge in [-0.05, 0) is 18.2 Å². The molecule has 0 amide bonds. The molecule has 0 saturated carbocycles. The van der Waals surface area contributed by atoms with Gasteiger partial charge in [0, 0.05) is 18.0 Å².